The number of aliphatic hydroxyl groups is 1. The Hall–Kier alpha value is -1.93. The lowest BCUT2D eigenvalue weighted by Gasteiger charge is -2.31. The van der Waals surface area contributed by atoms with Crippen molar-refractivity contribution in [2.45, 2.75) is 45.8 Å². The minimum absolute atomic E-state index is 0.0687. The molecule has 1 fully saturated rings. The molecule has 0 bridgehead atoms. The Morgan fingerprint density at radius 1 is 1.21 bits per heavy atom. The quantitative estimate of drug-likeness (QED) is 0.407. The van der Waals surface area contributed by atoms with Crippen LogP contribution in [0.15, 0.2) is 29.3 Å². The molecule has 0 saturated carbocycles. The van der Waals surface area contributed by atoms with Gasteiger partial charge < -0.3 is 25.4 Å². The van der Waals surface area contributed by atoms with Crippen LogP contribution in [0.4, 0.5) is 8.78 Å². The molecule has 0 radical (unpaired) electrons. The normalized spacial score (nSPS) is 17.4. The summed E-state index contributed by atoms with van der Waals surface area (Å²) < 4.78 is 28.7. The van der Waals surface area contributed by atoms with Gasteiger partial charge in [-0.05, 0) is 69.4 Å². The average Bonchev–Trinajstić information content (AvgIpc) is 2.72. The van der Waals surface area contributed by atoms with Crippen LogP contribution in [0.3, 0.4) is 0 Å². The molecule has 0 amide bonds. The molecule has 0 aliphatic carbocycles. The number of alkyl halides is 2. The predicted molar refractivity (Wildman–Crippen MR) is 111 cm³/mol. The van der Waals surface area contributed by atoms with Crippen molar-refractivity contribution in [2.24, 2.45) is 10.9 Å². The van der Waals surface area contributed by atoms with Crippen LogP contribution in [0.2, 0.25) is 0 Å². The molecule has 1 unspecified atom stereocenters. The van der Waals surface area contributed by atoms with Gasteiger partial charge >= 0.3 is 6.61 Å². The van der Waals surface area contributed by atoms with E-state index in [1.54, 1.807) is 12.1 Å². The Morgan fingerprint density at radius 2 is 1.90 bits per heavy atom. The number of likely N-dealkylation sites (tertiary alicyclic amines) is 1. The van der Waals surface area contributed by atoms with E-state index in [4.69, 9.17) is 0 Å². The molecule has 29 heavy (non-hydrogen) atoms. The first kappa shape index (κ1) is 23.3. The summed E-state index contributed by atoms with van der Waals surface area (Å²) in [7, 11) is 0. The Morgan fingerprint density at radius 3 is 2.48 bits per heavy atom. The van der Waals surface area contributed by atoms with Crippen molar-refractivity contribution in [3.8, 4) is 5.75 Å². The highest BCUT2D eigenvalue weighted by Gasteiger charge is 2.17. The molecule has 1 aromatic carbocycles. The molecule has 1 atom stereocenters. The zero-order chi connectivity index (χ0) is 21.1. The lowest BCUT2D eigenvalue weighted by atomic mass is 9.93. The summed E-state index contributed by atoms with van der Waals surface area (Å²) in [6, 6.07) is 5.98. The van der Waals surface area contributed by atoms with Gasteiger partial charge in [0.15, 0.2) is 5.96 Å². The van der Waals surface area contributed by atoms with E-state index in [9.17, 15) is 13.9 Å². The first-order chi connectivity index (χ1) is 14.0. The van der Waals surface area contributed by atoms with E-state index in [0.717, 1.165) is 32.0 Å². The smallest absolute Gasteiger partial charge is 0.387 e. The molecule has 1 heterocycles. The first-order valence-corrected chi connectivity index (χ1v) is 10.5. The monoisotopic (exact) mass is 412 g/mol. The zero-order valence-corrected chi connectivity index (χ0v) is 17.4. The molecule has 1 aliphatic rings. The topological polar surface area (TPSA) is 69.1 Å². The number of guanidine groups is 1. The van der Waals surface area contributed by atoms with Gasteiger partial charge in [0.1, 0.15) is 5.75 Å². The SMILES string of the molecule is CCNC(=NCC(O)c1ccc(OC(F)F)cc1)NCCC1CCN(CC)CC1. The number of aliphatic imine (C=N–C) groups is 1. The maximum Gasteiger partial charge on any atom is 0.387 e. The van der Waals surface area contributed by atoms with Gasteiger partial charge in [0.2, 0.25) is 0 Å². The number of nitrogens with zero attached hydrogens (tertiary/aromatic N) is 2. The standard InChI is InChI=1S/C21H34F2N4O2/c1-3-24-21(25-12-9-16-10-13-27(4-2)14-11-16)26-15-19(28)17-5-7-18(8-6-17)29-20(22)23/h5-8,16,19-20,28H,3-4,9-15H2,1-2H3,(H2,24,25,26). The summed E-state index contributed by atoms with van der Waals surface area (Å²) >= 11 is 0. The minimum atomic E-state index is -2.86. The van der Waals surface area contributed by atoms with E-state index >= 15 is 0 Å². The summed E-state index contributed by atoms with van der Waals surface area (Å²) in [4.78, 5) is 6.94. The largest absolute Gasteiger partial charge is 0.435 e. The third-order valence-corrected chi connectivity index (χ3v) is 5.26. The molecule has 164 valence electrons. The van der Waals surface area contributed by atoms with Crippen LogP contribution in [0.5, 0.6) is 5.75 Å². The lowest BCUT2D eigenvalue weighted by Crippen LogP contribution is -2.39. The summed E-state index contributed by atoms with van der Waals surface area (Å²) in [6.45, 7) is 6.60. The molecular formula is C21H34F2N4O2. The Balaban J connectivity index is 1.78. The first-order valence-electron chi connectivity index (χ1n) is 10.5. The van der Waals surface area contributed by atoms with Crippen molar-refractivity contribution >= 4 is 5.96 Å². The van der Waals surface area contributed by atoms with Crippen molar-refractivity contribution in [3.05, 3.63) is 29.8 Å². The number of hydrogen-bond acceptors (Lipinski definition) is 4. The van der Waals surface area contributed by atoms with Crippen molar-refractivity contribution in [2.75, 3.05) is 39.3 Å². The molecular weight excluding hydrogens is 378 g/mol. The van der Waals surface area contributed by atoms with E-state index in [0.29, 0.717) is 11.5 Å². The summed E-state index contributed by atoms with van der Waals surface area (Å²) in [5.74, 6) is 1.49. The average molecular weight is 413 g/mol. The van der Waals surface area contributed by atoms with Gasteiger partial charge in [-0.1, -0.05) is 19.1 Å². The van der Waals surface area contributed by atoms with Gasteiger partial charge in [0.05, 0.1) is 12.6 Å². The summed E-state index contributed by atoms with van der Waals surface area (Å²) in [5, 5.41) is 16.9. The van der Waals surface area contributed by atoms with Gasteiger partial charge in [-0.15, -0.1) is 0 Å². The van der Waals surface area contributed by atoms with Crippen molar-refractivity contribution < 1.29 is 18.6 Å². The van der Waals surface area contributed by atoms with E-state index in [1.165, 1.54) is 38.1 Å². The fourth-order valence-electron chi connectivity index (χ4n) is 3.48. The summed E-state index contributed by atoms with van der Waals surface area (Å²) in [5.41, 5.74) is 0.605. The van der Waals surface area contributed by atoms with Gasteiger partial charge in [-0.25, -0.2) is 0 Å². The number of rotatable bonds is 10. The van der Waals surface area contributed by atoms with Gasteiger partial charge in [-0.3, -0.25) is 4.99 Å². The summed E-state index contributed by atoms with van der Waals surface area (Å²) in [6.07, 6.45) is 2.78. The third kappa shape index (κ3) is 8.53. The van der Waals surface area contributed by atoms with E-state index in [2.05, 4.69) is 32.2 Å². The fourth-order valence-corrected chi connectivity index (χ4v) is 3.48. The van der Waals surface area contributed by atoms with Crippen LogP contribution < -0.4 is 15.4 Å². The van der Waals surface area contributed by atoms with Gasteiger partial charge in [-0.2, -0.15) is 8.78 Å². The molecule has 6 nitrogen and oxygen atoms in total. The Kier molecular flexibility index (Phi) is 10.1. The van der Waals surface area contributed by atoms with Crippen LogP contribution in [0.25, 0.3) is 0 Å². The molecule has 1 aliphatic heterocycles. The molecule has 2 rings (SSSR count). The van der Waals surface area contributed by atoms with Crippen LogP contribution in [-0.4, -0.2) is 61.8 Å². The highest BCUT2D eigenvalue weighted by molar-refractivity contribution is 5.79. The lowest BCUT2D eigenvalue weighted by molar-refractivity contribution is -0.0498. The van der Waals surface area contributed by atoms with Crippen LogP contribution in [0.1, 0.15) is 44.8 Å². The fraction of sp³-hybridized carbons (Fsp3) is 0.667. The van der Waals surface area contributed by atoms with Crippen LogP contribution in [0, 0.1) is 5.92 Å². The minimum Gasteiger partial charge on any atom is -0.435 e. The number of piperidine rings is 1. The van der Waals surface area contributed by atoms with Crippen LogP contribution >= 0.6 is 0 Å². The second kappa shape index (κ2) is 12.6. The number of benzene rings is 1. The Bertz CT molecular complexity index is 605. The second-order valence-corrected chi connectivity index (χ2v) is 7.28. The maximum absolute atomic E-state index is 12.2. The maximum atomic E-state index is 12.2. The number of hydrogen-bond donors (Lipinski definition) is 3. The molecule has 0 aromatic heterocycles. The number of nitrogens with one attached hydrogen (secondary N) is 2. The number of ether oxygens (including phenoxy) is 1. The molecule has 3 N–H and O–H groups in total. The second-order valence-electron chi connectivity index (χ2n) is 7.28. The van der Waals surface area contributed by atoms with Gasteiger partial charge in [0, 0.05) is 13.1 Å². The van der Waals surface area contributed by atoms with Crippen molar-refractivity contribution in [1.29, 1.82) is 0 Å². The molecule has 1 saturated heterocycles. The zero-order valence-electron chi connectivity index (χ0n) is 17.4. The predicted octanol–water partition coefficient (Wildman–Crippen LogP) is 3.00. The van der Waals surface area contributed by atoms with Crippen LogP contribution in [-0.2, 0) is 0 Å². The Labute approximate surface area is 172 Å². The number of halogens is 2. The van der Waals surface area contributed by atoms with Crippen molar-refractivity contribution in [3.63, 3.8) is 0 Å². The van der Waals surface area contributed by atoms with E-state index in [-0.39, 0.29) is 12.3 Å². The molecule has 0 spiro atoms. The van der Waals surface area contributed by atoms with Gasteiger partial charge in [0.25, 0.3) is 0 Å². The highest BCUT2D eigenvalue weighted by Crippen LogP contribution is 2.20. The third-order valence-electron chi connectivity index (χ3n) is 5.26. The van der Waals surface area contributed by atoms with E-state index < -0.39 is 12.7 Å². The highest BCUT2D eigenvalue weighted by atomic mass is 19.3. The number of aliphatic hydroxyl groups excluding tert-OH is 1. The molecule has 8 heteroatoms. The van der Waals surface area contributed by atoms with Crippen molar-refractivity contribution in [1.82, 2.24) is 15.5 Å². The van der Waals surface area contributed by atoms with E-state index in [1.807, 2.05) is 6.92 Å². The molecule has 1 aromatic rings.